The molecular weight excluding hydrogens is 232 g/mol. The van der Waals surface area contributed by atoms with Crippen molar-refractivity contribution in [2.24, 2.45) is 4.99 Å². The standard InChI is InChI=1S/C4H10.C4H8.C3H9N.C3H7N.C3H8.4H2/c4*1-3-4-2;1-3-2;;;;/h3-4H2,1-2H3;3-4H,1-2H3;4H,3H2,1-2H3;3H,1-2H3;3H2,1-2H3;4*1H. The van der Waals surface area contributed by atoms with Gasteiger partial charge in [-0.2, -0.15) is 0 Å². The lowest BCUT2D eigenvalue weighted by atomic mass is 10.4. The Bertz CT molecular complexity index is 108. The molecule has 0 bridgehead atoms. The van der Waals surface area contributed by atoms with E-state index in [4.69, 9.17) is 0 Å². The molecule has 0 aromatic carbocycles. The Morgan fingerprint density at radius 3 is 1.11 bits per heavy atom. The lowest BCUT2D eigenvalue weighted by molar-refractivity contribution is 0.864. The zero-order valence-corrected chi connectivity index (χ0v) is 15.5. The molecular formula is C17H50N2. The molecule has 128 valence electrons. The van der Waals surface area contributed by atoms with Gasteiger partial charge in [0.05, 0.1) is 0 Å². The molecule has 0 heterocycles. The van der Waals surface area contributed by atoms with E-state index in [0.29, 0.717) is 0 Å². The summed E-state index contributed by atoms with van der Waals surface area (Å²) in [6, 6.07) is 0. The van der Waals surface area contributed by atoms with Crippen molar-refractivity contribution < 1.29 is 5.71 Å². The molecule has 0 fully saturated rings. The first kappa shape index (κ1) is 31.0. The number of allylic oxidation sites excluding steroid dienone is 2. The molecule has 0 aliphatic heterocycles. The van der Waals surface area contributed by atoms with Gasteiger partial charge in [-0.15, -0.1) is 0 Å². The third-order valence-corrected chi connectivity index (χ3v) is 1.45. The lowest BCUT2D eigenvalue weighted by Gasteiger charge is -1.76. The van der Waals surface area contributed by atoms with Crippen molar-refractivity contribution in [3.63, 3.8) is 0 Å². The van der Waals surface area contributed by atoms with Crippen LogP contribution >= 0.6 is 0 Å². The molecule has 2 heteroatoms. The zero-order chi connectivity index (χ0) is 16.4. The fourth-order valence-electron chi connectivity index (χ4n) is 0. The zero-order valence-electron chi connectivity index (χ0n) is 15.5. The fourth-order valence-corrected chi connectivity index (χ4v) is 0. The summed E-state index contributed by atoms with van der Waals surface area (Å²) in [5.41, 5.74) is 0. The van der Waals surface area contributed by atoms with Crippen LogP contribution < -0.4 is 5.32 Å². The second-order valence-corrected chi connectivity index (χ2v) is 3.60. The van der Waals surface area contributed by atoms with Crippen LogP contribution in [0.2, 0.25) is 0 Å². The van der Waals surface area contributed by atoms with Gasteiger partial charge in [-0.3, -0.25) is 0 Å². The molecule has 0 aromatic rings. The monoisotopic (exact) mass is 282 g/mol. The fraction of sp³-hybridized carbons (Fsp3) is 0.824. The Hall–Kier alpha value is -0.630. The molecule has 0 aliphatic carbocycles. The van der Waals surface area contributed by atoms with Crippen molar-refractivity contribution in [3.8, 4) is 0 Å². The highest BCUT2D eigenvalue weighted by Crippen LogP contribution is 1.76. The first-order chi connectivity index (χ1) is 9.07. The molecule has 0 atom stereocenters. The number of unbranched alkanes of at least 4 members (excludes halogenated alkanes) is 1. The van der Waals surface area contributed by atoms with Crippen LogP contribution in [0.1, 0.15) is 80.4 Å². The molecule has 0 unspecified atom stereocenters. The Labute approximate surface area is 130 Å². The van der Waals surface area contributed by atoms with E-state index in [2.05, 4.69) is 44.9 Å². The van der Waals surface area contributed by atoms with Gasteiger partial charge in [-0.25, -0.2) is 0 Å². The molecule has 19 heavy (non-hydrogen) atoms. The van der Waals surface area contributed by atoms with Gasteiger partial charge in [0, 0.05) is 12.8 Å². The quantitative estimate of drug-likeness (QED) is 0.441. The van der Waals surface area contributed by atoms with Gasteiger partial charge in [0.2, 0.25) is 0 Å². The molecule has 0 radical (unpaired) electrons. The molecule has 0 spiro atoms. The SMILES string of the molecule is CC=CC.CC=NC.CCC.CCCC.CCNC.[HH].[HH].[HH].[HH]. The maximum atomic E-state index is 3.61. The van der Waals surface area contributed by atoms with Crippen molar-refractivity contribution in [1.29, 1.82) is 0 Å². The Kier molecular flexibility index (Phi) is 108. The summed E-state index contributed by atoms with van der Waals surface area (Å²) < 4.78 is 0. The first-order valence-corrected chi connectivity index (χ1v) is 7.66. The summed E-state index contributed by atoms with van der Waals surface area (Å²) in [6.07, 6.45) is 9.64. The van der Waals surface area contributed by atoms with E-state index >= 15 is 0 Å². The van der Waals surface area contributed by atoms with E-state index in [-0.39, 0.29) is 5.71 Å². The number of hydrogen-bond donors (Lipinski definition) is 1. The van der Waals surface area contributed by atoms with Gasteiger partial charge in [0.25, 0.3) is 0 Å². The number of hydrogen-bond acceptors (Lipinski definition) is 2. The summed E-state index contributed by atoms with van der Waals surface area (Å²) in [4.78, 5) is 3.61. The maximum Gasteiger partial charge on any atom is 0.0273 e. The van der Waals surface area contributed by atoms with Crippen LogP contribution in [0.15, 0.2) is 17.1 Å². The molecule has 0 saturated heterocycles. The molecule has 0 aliphatic rings. The average Bonchev–Trinajstić information content (AvgIpc) is 2.48. The van der Waals surface area contributed by atoms with Crippen LogP contribution in [-0.4, -0.2) is 26.9 Å². The van der Waals surface area contributed by atoms with Gasteiger partial charge in [0.1, 0.15) is 0 Å². The topological polar surface area (TPSA) is 24.4 Å². The van der Waals surface area contributed by atoms with E-state index in [1.165, 1.54) is 19.3 Å². The third kappa shape index (κ3) is 361. The number of nitrogens with one attached hydrogen (secondary N) is 1. The summed E-state index contributed by atoms with van der Waals surface area (Å²) in [7, 11) is 3.68. The van der Waals surface area contributed by atoms with Gasteiger partial charge in [-0.1, -0.05) is 66.0 Å². The first-order valence-electron chi connectivity index (χ1n) is 7.66. The molecule has 0 aromatic heterocycles. The minimum absolute atomic E-state index is 0. The Balaban J connectivity index is -0.0000000146. The van der Waals surface area contributed by atoms with Gasteiger partial charge in [-0.05, 0) is 40.6 Å². The Morgan fingerprint density at radius 2 is 1.11 bits per heavy atom. The molecule has 1 N–H and O–H groups in total. The van der Waals surface area contributed by atoms with Gasteiger partial charge < -0.3 is 10.3 Å². The summed E-state index contributed by atoms with van der Waals surface area (Å²) >= 11 is 0. The lowest BCUT2D eigenvalue weighted by Crippen LogP contribution is -2.01. The highest BCUT2D eigenvalue weighted by molar-refractivity contribution is 5.52. The van der Waals surface area contributed by atoms with Crippen LogP contribution in [0.3, 0.4) is 0 Å². The second-order valence-electron chi connectivity index (χ2n) is 3.60. The summed E-state index contributed by atoms with van der Waals surface area (Å²) in [6.45, 7) is 17.6. The third-order valence-electron chi connectivity index (χ3n) is 1.45. The van der Waals surface area contributed by atoms with E-state index in [9.17, 15) is 0 Å². The maximum absolute atomic E-state index is 3.61. The number of nitrogens with zero attached hydrogens (tertiary/aromatic N) is 1. The highest BCUT2D eigenvalue weighted by atomic mass is 14.8. The largest absolute Gasteiger partial charge is 0.320 e. The van der Waals surface area contributed by atoms with Crippen LogP contribution in [0.4, 0.5) is 0 Å². The van der Waals surface area contributed by atoms with Crippen LogP contribution in [-0.2, 0) is 0 Å². The summed E-state index contributed by atoms with van der Waals surface area (Å²) in [5.74, 6) is 0. The highest BCUT2D eigenvalue weighted by Gasteiger charge is 1.56. The Morgan fingerprint density at radius 1 is 0.895 bits per heavy atom. The molecule has 0 amide bonds. The van der Waals surface area contributed by atoms with Gasteiger partial charge >= 0.3 is 0 Å². The van der Waals surface area contributed by atoms with Crippen LogP contribution in [0.5, 0.6) is 0 Å². The predicted molar refractivity (Wildman–Crippen MR) is 105 cm³/mol. The number of aliphatic imine (C=N–C) groups is 1. The van der Waals surface area contributed by atoms with Crippen molar-refractivity contribution >= 4 is 6.21 Å². The van der Waals surface area contributed by atoms with Crippen molar-refractivity contribution in [3.05, 3.63) is 12.2 Å². The van der Waals surface area contributed by atoms with Crippen LogP contribution in [0, 0.1) is 0 Å². The second kappa shape index (κ2) is 66.4. The minimum atomic E-state index is 0. The van der Waals surface area contributed by atoms with Crippen molar-refractivity contribution in [2.45, 2.75) is 74.7 Å². The van der Waals surface area contributed by atoms with Gasteiger partial charge in [0.15, 0.2) is 0 Å². The van der Waals surface area contributed by atoms with E-state index in [1.54, 1.807) is 13.3 Å². The van der Waals surface area contributed by atoms with Crippen molar-refractivity contribution in [2.75, 3.05) is 20.6 Å². The number of rotatable bonds is 2. The molecule has 2 nitrogen and oxygen atoms in total. The van der Waals surface area contributed by atoms with Crippen molar-refractivity contribution in [1.82, 2.24) is 5.32 Å². The smallest absolute Gasteiger partial charge is 0.0273 e. The average molecular weight is 283 g/mol. The van der Waals surface area contributed by atoms with E-state index < -0.39 is 0 Å². The molecule has 0 rings (SSSR count). The molecule has 0 saturated carbocycles. The van der Waals surface area contributed by atoms with Crippen LogP contribution in [0.25, 0.3) is 0 Å². The normalized spacial score (nSPS) is 8.11. The van der Waals surface area contributed by atoms with E-state index in [1.807, 2.05) is 40.0 Å². The minimum Gasteiger partial charge on any atom is -0.320 e. The summed E-state index contributed by atoms with van der Waals surface area (Å²) in [5, 5.41) is 2.93. The van der Waals surface area contributed by atoms with E-state index in [0.717, 1.165) is 6.54 Å². The predicted octanol–water partition coefficient (Wildman–Crippen LogP) is 6.72.